The van der Waals surface area contributed by atoms with Crippen LogP contribution >= 0.6 is 0 Å². The zero-order valence-corrected chi connectivity index (χ0v) is 17.9. The van der Waals surface area contributed by atoms with Gasteiger partial charge in [0.05, 0.1) is 6.07 Å². The summed E-state index contributed by atoms with van der Waals surface area (Å²) in [5, 5.41) is 8.45. The van der Waals surface area contributed by atoms with Crippen molar-refractivity contribution in [2.75, 3.05) is 0 Å². The molecule has 0 saturated heterocycles. The van der Waals surface area contributed by atoms with Crippen molar-refractivity contribution < 1.29 is 0 Å². The molecule has 1 fully saturated rings. The molecule has 152 valence electrons. The molecule has 1 aromatic carbocycles. The highest BCUT2D eigenvalue weighted by Gasteiger charge is 2.20. The van der Waals surface area contributed by atoms with Gasteiger partial charge in [-0.05, 0) is 61.5 Å². The molecule has 1 aliphatic carbocycles. The van der Waals surface area contributed by atoms with Gasteiger partial charge in [-0.2, -0.15) is 5.26 Å². The number of nitriles is 1. The predicted molar refractivity (Wildman–Crippen MR) is 121 cm³/mol. The molecule has 0 unspecified atom stereocenters. The summed E-state index contributed by atoms with van der Waals surface area (Å²) in [6.07, 6.45) is 25.0. The summed E-state index contributed by atoms with van der Waals surface area (Å²) in [5.41, 5.74) is 3.01. The Morgan fingerprint density at radius 1 is 0.857 bits per heavy atom. The minimum atomic E-state index is 0.923. The second-order valence-electron chi connectivity index (χ2n) is 8.55. The highest BCUT2D eigenvalue weighted by atomic mass is 14.3. The van der Waals surface area contributed by atoms with Crippen LogP contribution in [-0.2, 0) is 12.8 Å². The first kappa shape index (κ1) is 22.5. The summed E-state index contributed by atoms with van der Waals surface area (Å²) < 4.78 is 0. The lowest BCUT2D eigenvalue weighted by atomic mass is 9.78. The van der Waals surface area contributed by atoms with Crippen LogP contribution in [0.3, 0.4) is 0 Å². The first-order valence-electron chi connectivity index (χ1n) is 11.6. The Bertz CT molecular complexity index is 609. The molecule has 0 heterocycles. The molecule has 0 N–H and O–H groups in total. The molecule has 1 heteroatoms. The third kappa shape index (κ3) is 9.41. The van der Waals surface area contributed by atoms with Crippen molar-refractivity contribution in [1.82, 2.24) is 0 Å². The van der Waals surface area contributed by atoms with Gasteiger partial charge in [-0.3, -0.25) is 0 Å². The van der Waals surface area contributed by atoms with E-state index in [2.05, 4.69) is 37.3 Å². The van der Waals surface area contributed by atoms with Gasteiger partial charge in [-0.1, -0.05) is 94.4 Å². The van der Waals surface area contributed by atoms with Crippen LogP contribution in [0.4, 0.5) is 0 Å². The lowest BCUT2D eigenvalue weighted by molar-refractivity contribution is 0.250. The summed E-state index contributed by atoms with van der Waals surface area (Å²) in [6, 6.07) is 11.4. The van der Waals surface area contributed by atoms with Gasteiger partial charge in [0, 0.05) is 6.08 Å². The molecular weight excluding hydrogens is 338 g/mol. The first-order valence-corrected chi connectivity index (χ1v) is 11.6. The van der Waals surface area contributed by atoms with E-state index in [0.717, 1.165) is 18.3 Å². The Labute approximate surface area is 173 Å². The fraction of sp³-hybridized carbons (Fsp3) is 0.593. The fourth-order valence-electron chi connectivity index (χ4n) is 4.43. The standard InChI is InChI=1S/C27H39N/c1-2-3-11-24-15-17-26(18-16-24)13-8-9-14-27-21-19-25(20-22-27)12-7-5-4-6-10-23-28/h4-6,10,15-18,25,27H,2-3,7-9,11-14,19-22H2,1H3/t25-,27-. The topological polar surface area (TPSA) is 23.8 Å². The maximum Gasteiger partial charge on any atom is 0.0912 e. The van der Waals surface area contributed by atoms with Crippen LogP contribution in [0.1, 0.15) is 88.7 Å². The second-order valence-corrected chi connectivity index (χ2v) is 8.55. The molecule has 0 bridgehead atoms. The summed E-state index contributed by atoms with van der Waals surface area (Å²) in [5.74, 6) is 1.90. The van der Waals surface area contributed by atoms with E-state index in [1.807, 2.05) is 18.2 Å². The lowest BCUT2D eigenvalue weighted by Crippen LogP contribution is -2.14. The second kappa shape index (κ2) is 14.2. The number of hydrogen-bond acceptors (Lipinski definition) is 1. The van der Waals surface area contributed by atoms with Gasteiger partial charge in [0.15, 0.2) is 0 Å². The highest BCUT2D eigenvalue weighted by molar-refractivity contribution is 5.22. The van der Waals surface area contributed by atoms with Gasteiger partial charge >= 0.3 is 0 Å². The average Bonchev–Trinajstić information content (AvgIpc) is 2.74. The zero-order valence-electron chi connectivity index (χ0n) is 17.9. The van der Waals surface area contributed by atoms with Crippen molar-refractivity contribution in [1.29, 1.82) is 5.26 Å². The van der Waals surface area contributed by atoms with Gasteiger partial charge in [0.2, 0.25) is 0 Å². The Kier molecular flexibility index (Phi) is 11.4. The maximum absolute atomic E-state index is 8.45. The maximum atomic E-state index is 8.45. The molecule has 1 nitrogen and oxygen atoms in total. The summed E-state index contributed by atoms with van der Waals surface area (Å²) in [4.78, 5) is 0. The van der Waals surface area contributed by atoms with Crippen molar-refractivity contribution in [2.45, 2.75) is 90.4 Å². The fourth-order valence-corrected chi connectivity index (χ4v) is 4.43. The van der Waals surface area contributed by atoms with Gasteiger partial charge in [0.25, 0.3) is 0 Å². The molecule has 0 aromatic heterocycles. The van der Waals surface area contributed by atoms with Crippen molar-refractivity contribution in [3.8, 4) is 6.07 Å². The molecule has 0 radical (unpaired) electrons. The van der Waals surface area contributed by atoms with E-state index in [4.69, 9.17) is 5.26 Å². The SMILES string of the molecule is CCCCc1ccc(CCCC[C@H]2CC[C@H](CCC=CC=CC#N)CC2)cc1. The van der Waals surface area contributed by atoms with Gasteiger partial charge < -0.3 is 0 Å². The van der Waals surface area contributed by atoms with E-state index in [0.29, 0.717) is 0 Å². The number of unbranched alkanes of at least 4 members (excludes halogenated alkanes) is 2. The molecule has 0 spiro atoms. The largest absolute Gasteiger partial charge is 0.193 e. The molecule has 2 rings (SSSR count). The molecule has 0 amide bonds. The molecule has 1 aliphatic rings. The first-order chi connectivity index (χ1) is 13.8. The third-order valence-corrected chi connectivity index (χ3v) is 6.30. The number of hydrogen-bond donors (Lipinski definition) is 0. The number of aryl methyl sites for hydroxylation is 2. The van der Waals surface area contributed by atoms with E-state index >= 15 is 0 Å². The summed E-state index contributed by atoms with van der Waals surface area (Å²) in [7, 11) is 0. The van der Waals surface area contributed by atoms with Gasteiger partial charge in [-0.25, -0.2) is 0 Å². The third-order valence-electron chi connectivity index (χ3n) is 6.30. The quantitative estimate of drug-likeness (QED) is 0.206. The number of allylic oxidation sites excluding steroid dienone is 4. The van der Waals surface area contributed by atoms with Crippen molar-refractivity contribution in [3.05, 3.63) is 59.7 Å². The lowest BCUT2D eigenvalue weighted by Gasteiger charge is -2.28. The van der Waals surface area contributed by atoms with Crippen LogP contribution in [0.2, 0.25) is 0 Å². The number of nitrogens with zero attached hydrogens (tertiary/aromatic N) is 1. The molecule has 0 atom stereocenters. The smallest absolute Gasteiger partial charge is 0.0912 e. The molecule has 1 aromatic rings. The van der Waals surface area contributed by atoms with E-state index < -0.39 is 0 Å². The highest BCUT2D eigenvalue weighted by Crippen LogP contribution is 2.34. The van der Waals surface area contributed by atoms with Gasteiger partial charge in [0.1, 0.15) is 0 Å². The Hall–Kier alpha value is -1.81. The molecule has 0 aliphatic heterocycles. The van der Waals surface area contributed by atoms with Gasteiger partial charge in [-0.15, -0.1) is 0 Å². The van der Waals surface area contributed by atoms with Crippen LogP contribution in [0.15, 0.2) is 48.6 Å². The Morgan fingerprint density at radius 2 is 1.46 bits per heavy atom. The van der Waals surface area contributed by atoms with Crippen LogP contribution in [0.5, 0.6) is 0 Å². The van der Waals surface area contributed by atoms with E-state index in [1.165, 1.54) is 94.3 Å². The average molecular weight is 378 g/mol. The van der Waals surface area contributed by atoms with Crippen molar-refractivity contribution >= 4 is 0 Å². The normalized spacial score (nSPS) is 20.0. The number of rotatable bonds is 12. The van der Waals surface area contributed by atoms with Crippen LogP contribution < -0.4 is 0 Å². The minimum absolute atomic E-state index is 0.923. The summed E-state index contributed by atoms with van der Waals surface area (Å²) in [6.45, 7) is 2.26. The van der Waals surface area contributed by atoms with Crippen LogP contribution in [0.25, 0.3) is 0 Å². The molecule has 1 saturated carbocycles. The van der Waals surface area contributed by atoms with E-state index in [9.17, 15) is 0 Å². The summed E-state index contributed by atoms with van der Waals surface area (Å²) >= 11 is 0. The molecule has 28 heavy (non-hydrogen) atoms. The van der Waals surface area contributed by atoms with E-state index in [-0.39, 0.29) is 0 Å². The van der Waals surface area contributed by atoms with Crippen molar-refractivity contribution in [2.24, 2.45) is 11.8 Å². The minimum Gasteiger partial charge on any atom is -0.193 e. The monoisotopic (exact) mass is 377 g/mol. The van der Waals surface area contributed by atoms with Crippen LogP contribution in [0, 0.1) is 23.2 Å². The van der Waals surface area contributed by atoms with Crippen LogP contribution in [-0.4, -0.2) is 0 Å². The Balaban J connectivity index is 1.52. The zero-order chi connectivity index (χ0) is 19.9. The Morgan fingerprint density at radius 3 is 2.07 bits per heavy atom. The van der Waals surface area contributed by atoms with Crippen molar-refractivity contribution in [3.63, 3.8) is 0 Å². The van der Waals surface area contributed by atoms with E-state index in [1.54, 1.807) is 0 Å². The predicted octanol–water partition coefficient (Wildman–Crippen LogP) is 7.96. The number of benzene rings is 1. The molecular formula is C27H39N.